The van der Waals surface area contributed by atoms with Crippen molar-refractivity contribution in [3.63, 3.8) is 0 Å². The molecule has 1 heterocycles. The fourth-order valence-corrected chi connectivity index (χ4v) is 4.05. The van der Waals surface area contributed by atoms with Gasteiger partial charge in [-0.3, -0.25) is 9.69 Å². The third kappa shape index (κ3) is 3.53. The van der Waals surface area contributed by atoms with E-state index in [-0.39, 0.29) is 24.0 Å². The molecule has 5 nitrogen and oxygen atoms in total. The van der Waals surface area contributed by atoms with Crippen molar-refractivity contribution in [3.05, 3.63) is 77.3 Å². The third-order valence-electron chi connectivity index (χ3n) is 5.54. The summed E-state index contributed by atoms with van der Waals surface area (Å²) in [4.78, 5) is 18.5. The Morgan fingerprint density at radius 3 is 2.40 bits per heavy atom. The molecule has 6 heteroatoms. The molecule has 0 fully saturated rings. The zero-order valence-corrected chi connectivity index (χ0v) is 17.5. The topological polar surface area (TPSA) is 78.9 Å². The summed E-state index contributed by atoms with van der Waals surface area (Å²) in [6.07, 6.45) is 0.236. The van der Waals surface area contributed by atoms with Crippen molar-refractivity contribution in [1.29, 1.82) is 0 Å². The number of phenolic OH excluding ortho intramolecular Hbond substituents is 1. The van der Waals surface area contributed by atoms with Crippen LogP contribution >= 0.6 is 11.6 Å². The predicted molar refractivity (Wildman–Crippen MR) is 120 cm³/mol. The average molecular weight is 420 g/mol. The molecule has 0 bridgehead atoms. The Morgan fingerprint density at radius 2 is 1.70 bits per heavy atom. The van der Waals surface area contributed by atoms with Crippen LogP contribution in [0.3, 0.4) is 0 Å². The van der Waals surface area contributed by atoms with E-state index in [0.717, 1.165) is 27.8 Å². The first-order valence-corrected chi connectivity index (χ1v) is 9.97. The largest absolute Gasteiger partial charge is 0.508 e. The second-order valence-electron chi connectivity index (χ2n) is 7.66. The molecule has 152 valence electrons. The lowest BCUT2D eigenvalue weighted by molar-refractivity contribution is -0.128. The lowest BCUT2D eigenvalue weighted by Gasteiger charge is -2.35. The SMILES string of the molecule is CN1C(=O)CC(C)(c2ccccc2-c2ccc(Cl)c(-c3ccc(O)cc3)c2)N=C1N. The Bertz CT molecular complexity index is 1160. The van der Waals surface area contributed by atoms with Crippen LogP contribution in [0.2, 0.25) is 5.02 Å². The minimum absolute atomic E-state index is 0.0688. The molecule has 0 aliphatic carbocycles. The Balaban J connectivity index is 1.85. The Kier molecular flexibility index (Phi) is 5.00. The Labute approximate surface area is 180 Å². The molecule has 3 N–H and O–H groups in total. The molecule has 30 heavy (non-hydrogen) atoms. The number of aromatic hydroxyl groups is 1. The fourth-order valence-electron chi connectivity index (χ4n) is 3.82. The monoisotopic (exact) mass is 419 g/mol. The third-order valence-corrected chi connectivity index (χ3v) is 5.87. The first kappa shape index (κ1) is 20.0. The molecule has 1 aliphatic rings. The van der Waals surface area contributed by atoms with Crippen molar-refractivity contribution in [2.24, 2.45) is 10.7 Å². The number of carbonyl (C=O) groups excluding carboxylic acids is 1. The number of halogens is 1. The Hall–Kier alpha value is -3.31. The van der Waals surface area contributed by atoms with E-state index in [1.807, 2.05) is 61.5 Å². The van der Waals surface area contributed by atoms with Crippen LogP contribution in [0.4, 0.5) is 0 Å². The van der Waals surface area contributed by atoms with Crippen LogP contribution in [-0.2, 0) is 10.3 Å². The van der Waals surface area contributed by atoms with Crippen LogP contribution in [0.15, 0.2) is 71.7 Å². The highest BCUT2D eigenvalue weighted by atomic mass is 35.5. The highest BCUT2D eigenvalue weighted by Crippen LogP contribution is 2.41. The standard InChI is InChI=1S/C24H22ClN3O2/c1-24(14-22(30)28(2)23(26)27-24)20-6-4-3-5-18(20)16-9-12-21(25)19(13-16)15-7-10-17(29)11-8-15/h3-13,29H,14H2,1-2H3,(H2,26,27). The second-order valence-corrected chi connectivity index (χ2v) is 8.07. The summed E-state index contributed by atoms with van der Waals surface area (Å²) in [7, 11) is 1.63. The van der Waals surface area contributed by atoms with Gasteiger partial charge in [0.2, 0.25) is 5.91 Å². The van der Waals surface area contributed by atoms with Crippen molar-refractivity contribution in [2.75, 3.05) is 7.05 Å². The van der Waals surface area contributed by atoms with Gasteiger partial charge in [-0.15, -0.1) is 0 Å². The van der Waals surface area contributed by atoms with Gasteiger partial charge in [-0.25, -0.2) is 4.99 Å². The normalized spacial score (nSPS) is 19.0. The van der Waals surface area contributed by atoms with Crippen LogP contribution in [0.5, 0.6) is 5.75 Å². The van der Waals surface area contributed by atoms with E-state index in [1.54, 1.807) is 19.2 Å². The van der Waals surface area contributed by atoms with E-state index in [0.29, 0.717) is 5.02 Å². The minimum atomic E-state index is -0.761. The molecule has 1 amide bonds. The molecule has 3 aromatic carbocycles. The molecule has 1 atom stereocenters. The second kappa shape index (κ2) is 7.50. The summed E-state index contributed by atoms with van der Waals surface area (Å²) >= 11 is 6.48. The molecule has 1 aliphatic heterocycles. The summed E-state index contributed by atoms with van der Waals surface area (Å²) in [5, 5.41) is 10.2. The zero-order valence-electron chi connectivity index (χ0n) is 16.8. The lowest BCUT2D eigenvalue weighted by Crippen LogP contribution is -2.47. The van der Waals surface area contributed by atoms with E-state index < -0.39 is 5.54 Å². The highest BCUT2D eigenvalue weighted by molar-refractivity contribution is 6.33. The van der Waals surface area contributed by atoms with Crippen LogP contribution in [0, 0.1) is 0 Å². The quantitative estimate of drug-likeness (QED) is 0.641. The molecule has 3 aromatic rings. The minimum Gasteiger partial charge on any atom is -0.508 e. The summed E-state index contributed by atoms with van der Waals surface area (Å²) in [6, 6.07) is 20.6. The van der Waals surface area contributed by atoms with Gasteiger partial charge in [-0.1, -0.05) is 54.1 Å². The van der Waals surface area contributed by atoms with Gasteiger partial charge < -0.3 is 10.8 Å². The smallest absolute Gasteiger partial charge is 0.231 e. The lowest BCUT2D eigenvalue weighted by atomic mass is 9.82. The molecule has 0 aromatic heterocycles. The van der Waals surface area contributed by atoms with Gasteiger partial charge in [-0.05, 0) is 53.4 Å². The number of benzene rings is 3. The number of phenols is 1. The van der Waals surface area contributed by atoms with E-state index in [2.05, 4.69) is 4.99 Å². The van der Waals surface area contributed by atoms with Gasteiger partial charge in [0.15, 0.2) is 5.96 Å². The summed E-state index contributed by atoms with van der Waals surface area (Å²) in [6.45, 7) is 1.93. The molecule has 0 spiro atoms. The first-order chi connectivity index (χ1) is 14.3. The van der Waals surface area contributed by atoms with E-state index >= 15 is 0 Å². The van der Waals surface area contributed by atoms with Crippen molar-refractivity contribution >= 4 is 23.5 Å². The molecular weight excluding hydrogens is 398 g/mol. The molecule has 1 unspecified atom stereocenters. The number of nitrogens with two attached hydrogens (primary N) is 1. The van der Waals surface area contributed by atoms with Crippen molar-refractivity contribution in [3.8, 4) is 28.0 Å². The number of carbonyl (C=O) groups is 1. The first-order valence-electron chi connectivity index (χ1n) is 9.59. The average Bonchev–Trinajstić information content (AvgIpc) is 2.73. The molecule has 0 saturated carbocycles. The number of hydrogen-bond acceptors (Lipinski definition) is 4. The maximum Gasteiger partial charge on any atom is 0.231 e. The van der Waals surface area contributed by atoms with E-state index in [4.69, 9.17) is 17.3 Å². The van der Waals surface area contributed by atoms with Crippen LogP contribution in [-0.4, -0.2) is 28.9 Å². The summed E-state index contributed by atoms with van der Waals surface area (Å²) in [5.41, 5.74) is 9.87. The van der Waals surface area contributed by atoms with Gasteiger partial charge in [0, 0.05) is 17.6 Å². The maximum absolute atomic E-state index is 12.5. The van der Waals surface area contributed by atoms with Crippen molar-refractivity contribution in [1.82, 2.24) is 4.90 Å². The highest BCUT2D eigenvalue weighted by Gasteiger charge is 2.37. The van der Waals surface area contributed by atoms with Gasteiger partial charge in [0.1, 0.15) is 5.75 Å². The number of aliphatic imine (C=N–C) groups is 1. The number of hydrogen-bond donors (Lipinski definition) is 2. The Morgan fingerprint density at radius 1 is 1.03 bits per heavy atom. The number of amides is 1. The van der Waals surface area contributed by atoms with Crippen LogP contribution in [0.25, 0.3) is 22.3 Å². The fraction of sp³-hybridized carbons (Fsp3) is 0.167. The molecule has 0 radical (unpaired) electrons. The van der Waals surface area contributed by atoms with Crippen LogP contribution < -0.4 is 5.73 Å². The molecule has 4 rings (SSSR count). The molecule has 0 saturated heterocycles. The summed E-state index contributed by atoms with van der Waals surface area (Å²) < 4.78 is 0. The van der Waals surface area contributed by atoms with Gasteiger partial charge >= 0.3 is 0 Å². The number of guanidine groups is 1. The van der Waals surface area contributed by atoms with Crippen molar-refractivity contribution < 1.29 is 9.90 Å². The van der Waals surface area contributed by atoms with Gasteiger partial charge in [-0.2, -0.15) is 0 Å². The van der Waals surface area contributed by atoms with Gasteiger partial charge in [0.25, 0.3) is 0 Å². The number of nitrogens with zero attached hydrogens (tertiary/aromatic N) is 2. The molecular formula is C24H22ClN3O2. The van der Waals surface area contributed by atoms with Gasteiger partial charge in [0.05, 0.1) is 12.0 Å². The van der Waals surface area contributed by atoms with E-state index in [9.17, 15) is 9.90 Å². The number of rotatable bonds is 3. The van der Waals surface area contributed by atoms with E-state index in [1.165, 1.54) is 4.90 Å². The predicted octanol–water partition coefficient (Wildman–Crippen LogP) is 4.77. The maximum atomic E-state index is 12.5. The summed E-state index contributed by atoms with van der Waals surface area (Å²) in [5.74, 6) is 0.344. The van der Waals surface area contributed by atoms with Crippen LogP contribution in [0.1, 0.15) is 18.9 Å². The zero-order chi connectivity index (χ0) is 21.5. The van der Waals surface area contributed by atoms with Crippen molar-refractivity contribution in [2.45, 2.75) is 18.9 Å².